The van der Waals surface area contributed by atoms with Gasteiger partial charge in [0.15, 0.2) is 6.10 Å². The Kier molecular flexibility index (Phi) is 6.15. The number of nitrogens with two attached hydrogens (primary N) is 1. The summed E-state index contributed by atoms with van der Waals surface area (Å²) < 4.78 is 10.6. The van der Waals surface area contributed by atoms with Crippen molar-refractivity contribution in [1.82, 2.24) is 5.32 Å². The Morgan fingerprint density at radius 3 is 2.60 bits per heavy atom. The highest BCUT2D eigenvalue weighted by atomic mass is 16.5. The van der Waals surface area contributed by atoms with Crippen LogP contribution < -0.4 is 20.5 Å². The molecule has 0 aromatic heterocycles. The number of benzene rings is 1. The van der Waals surface area contributed by atoms with E-state index >= 15 is 0 Å². The summed E-state index contributed by atoms with van der Waals surface area (Å²) in [7, 11) is 1.55. The zero-order valence-corrected chi connectivity index (χ0v) is 12.6. The fourth-order valence-corrected chi connectivity index (χ4v) is 1.67. The van der Waals surface area contributed by atoms with Gasteiger partial charge in [-0.2, -0.15) is 0 Å². The molecule has 0 saturated heterocycles. The Hall–Kier alpha value is -1.91. The first kappa shape index (κ1) is 16.1. The molecule has 0 saturated carbocycles. The highest BCUT2D eigenvalue weighted by Gasteiger charge is 2.14. The number of ether oxygens (including phenoxy) is 2. The van der Waals surface area contributed by atoms with Crippen molar-refractivity contribution >= 4 is 11.6 Å². The summed E-state index contributed by atoms with van der Waals surface area (Å²) >= 11 is 0. The van der Waals surface area contributed by atoms with Gasteiger partial charge >= 0.3 is 0 Å². The van der Waals surface area contributed by atoms with Gasteiger partial charge in [0, 0.05) is 12.6 Å². The number of hydrogen-bond donors (Lipinski definition) is 2. The lowest BCUT2D eigenvalue weighted by Crippen LogP contribution is -2.37. The maximum atomic E-state index is 11.8. The Balaban J connectivity index is 2.50. The zero-order chi connectivity index (χ0) is 15.1. The molecule has 0 aliphatic heterocycles. The van der Waals surface area contributed by atoms with Crippen molar-refractivity contribution in [2.75, 3.05) is 19.4 Å². The molecule has 112 valence electrons. The van der Waals surface area contributed by atoms with Gasteiger partial charge in [0.05, 0.1) is 12.8 Å². The molecule has 0 heterocycles. The molecule has 1 aromatic carbocycles. The van der Waals surface area contributed by atoms with Crippen LogP contribution in [-0.4, -0.2) is 25.7 Å². The third-order valence-corrected chi connectivity index (χ3v) is 2.90. The molecule has 5 heteroatoms. The first-order valence-corrected chi connectivity index (χ1v) is 6.82. The number of nitrogen functional groups attached to an aromatic ring is 1. The maximum absolute atomic E-state index is 11.8. The summed E-state index contributed by atoms with van der Waals surface area (Å²) in [5, 5.41) is 2.85. The molecule has 0 aliphatic carbocycles. The predicted molar refractivity (Wildman–Crippen MR) is 80.0 cm³/mol. The van der Waals surface area contributed by atoms with Crippen LogP contribution in [0.15, 0.2) is 18.2 Å². The summed E-state index contributed by atoms with van der Waals surface area (Å²) in [6.07, 6.45) is 0.392. The molecule has 1 rings (SSSR count). The van der Waals surface area contributed by atoms with Crippen LogP contribution in [0, 0.1) is 5.92 Å². The van der Waals surface area contributed by atoms with Gasteiger partial charge in [-0.25, -0.2) is 0 Å². The van der Waals surface area contributed by atoms with E-state index in [4.69, 9.17) is 15.2 Å². The lowest BCUT2D eigenvalue weighted by atomic mass is 10.1. The van der Waals surface area contributed by atoms with Crippen LogP contribution in [0.25, 0.3) is 0 Å². The fraction of sp³-hybridized carbons (Fsp3) is 0.533. The largest absolute Gasteiger partial charge is 0.495 e. The SMILES string of the molecule is COc1ccc(OC(C)C(=O)NCCC(C)C)cc1N. The topological polar surface area (TPSA) is 73.6 Å². The molecule has 1 aromatic rings. The molecular formula is C15H24N2O3. The van der Waals surface area contributed by atoms with Crippen molar-refractivity contribution in [2.24, 2.45) is 5.92 Å². The lowest BCUT2D eigenvalue weighted by molar-refractivity contribution is -0.127. The van der Waals surface area contributed by atoms with Crippen molar-refractivity contribution in [3.05, 3.63) is 18.2 Å². The Morgan fingerprint density at radius 1 is 1.35 bits per heavy atom. The molecule has 0 spiro atoms. The minimum Gasteiger partial charge on any atom is -0.495 e. The molecule has 3 N–H and O–H groups in total. The van der Waals surface area contributed by atoms with Crippen molar-refractivity contribution in [3.8, 4) is 11.5 Å². The number of carbonyl (C=O) groups is 1. The van der Waals surface area contributed by atoms with E-state index in [9.17, 15) is 4.79 Å². The van der Waals surface area contributed by atoms with E-state index in [2.05, 4.69) is 19.2 Å². The van der Waals surface area contributed by atoms with Gasteiger partial charge < -0.3 is 20.5 Å². The van der Waals surface area contributed by atoms with Crippen LogP contribution in [0.4, 0.5) is 5.69 Å². The van der Waals surface area contributed by atoms with Crippen LogP contribution in [0.1, 0.15) is 27.2 Å². The van der Waals surface area contributed by atoms with E-state index in [1.807, 2.05) is 0 Å². The number of methoxy groups -OCH3 is 1. The molecule has 5 nitrogen and oxygen atoms in total. The second kappa shape index (κ2) is 7.62. The van der Waals surface area contributed by atoms with Gasteiger partial charge in [0.25, 0.3) is 5.91 Å². The van der Waals surface area contributed by atoms with Crippen molar-refractivity contribution in [3.63, 3.8) is 0 Å². The van der Waals surface area contributed by atoms with Crippen LogP contribution in [0.5, 0.6) is 11.5 Å². The van der Waals surface area contributed by atoms with Crippen molar-refractivity contribution in [1.29, 1.82) is 0 Å². The van der Waals surface area contributed by atoms with Crippen molar-refractivity contribution in [2.45, 2.75) is 33.3 Å². The molecule has 1 amide bonds. The average Bonchev–Trinajstić information content (AvgIpc) is 2.38. The number of nitrogens with one attached hydrogen (secondary N) is 1. The number of carbonyl (C=O) groups excluding carboxylic acids is 1. The standard InChI is InChI=1S/C15H24N2O3/c1-10(2)7-8-17-15(18)11(3)20-12-5-6-14(19-4)13(16)9-12/h5-6,9-11H,7-8,16H2,1-4H3,(H,17,18). The molecule has 1 unspecified atom stereocenters. The average molecular weight is 280 g/mol. The van der Waals surface area contributed by atoms with E-state index in [1.165, 1.54) is 0 Å². The molecule has 1 atom stereocenters. The van der Waals surface area contributed by atoms with E-state index in [0.717, 1.165) is 6.42 Å². The second-order valence-electron chi connectivity index (χ2n) is 5.14. The van der Waals surface area contributed by atoms with Crippen LogP contribution in [0.3, 0.4) is 0 Å². The summed E-state index contributed by atoms with van der Waals surface area (Å²) in [5.74, 6) is 1.58. The minimum absolute atomic E-state index is 0.125. The monoisotopic (exact) mass is 280 g/mol. The predicted octanol–water partition coefficient (Wildman–Crippen LogP) is 2.21. The van der Waals surface area contributed by atoms with E-state index in [0.29, 0.717) is 29.6 Å². The summed E-state index contributed by atoms with van der Waals surface area (Å²) in [4.78, 5) is 11.8. The van der Waals surface area contributed by atoms with Crippen molar-refractivity contribution < 1.29 is 14.3 Å². The molecule has 0 radical (unpaired) electrons. The minimum atomic E-state index is -0.560. The Morgan fingerprint density at radius 2 is 2.05 bits per heavy atom. The number of hydrogen-bond acceptors (Lipinski definition) is 4. The van der Waals surface area contributed by atoms with Gasteiger partial charge in [0.1, 0.15) is 11.5 Å². The first-order chi connectivity index (χ1) is 9.43. The smallest absolute Gasteiger partial charge is 0.260 e. The number of rotatable bonds is 7. The van der Waals surface area contributed by atoms with E-state index in [-0.39, 0.29) is 5.91 Å². The van der Waals surface area contributed by atoms with Crippen LogP contribution in [0.2, 0.25) is 0 Å². The third kappa shape index (κ3) is 4.99. The molecule has 0 fully saturated rings. The maximum Gasteiger partial charge on any atom is 0.260 e. The third-order valence-electron chi connectivity index (χ3n) is 2.90. The summed E-state index contributed by atoms with van der Waals surface area (Å²) in [6.45, 7) is 6.61. The second-order valence-corrected chi connectivity index (χ2v) is 5.14. The molecular weight excluding hydrogens is 256 g/mol. The van der Waals surface area contributed by atoms with Crippen LogP contribution in [-0.2, 0) is 4.79 Å². The Labute approximate surface area is 120 Å². The zero-order valence-electron chi connectivity index (χ0n) is 12.6. The molecule has 20 heavy (non-hydrogen) atoms. The highest BCUT2D eigenvalue weighted by molar-refractivity contribution is 5.80. The number of amides is 1. The number of anilines is 1. The highest BCUT2D eigenvalue weighted by Crippen LogP contribution is 2.26. The van der Waals surface area contributed by atoms with Gasteiger partial charge in [-0.05, 0) is 31.4 Å². The van der Waals surface area contributed by atoms with Gasteiger partial charge in [0.2, 0.25) is 0 Å². The first-order valence-electron chi connectivity index (χ1n) is 6.82. The van der Waals surface area contributed by atoms with Crippen LogP contribution >= 0.6 is 0 Å². The normalized spacial score (nSPS) is 12.1. The van der Waals surface area contributed by atoms with Gasteiger partial charge in [-0.3, -0.25) is 4.79 Å². The summed E-state index contributed by atoms with van der Waals surface area (Å²) in [6, 6.07) is 5.10. The lowest BCUT2D eigenvalue weighted by Gasteiger charge is -2.16. The van der Waals surface area contributed by atoms with Gasteiger partial charge in [-0.15, -0.1) is 0 Å². The summed E-state index contributed by atoms with van der Waals surface area (Å²) in [5.41, 5.74) is 6.28. The van der Waals surface area contributed by atoms with Gasteiger partial charge in [-0.1, -0.05) is 13.8 Å². The van der Waals surface area contributed by atoms with E-state index < -0.39 is 6.10 Å². The van der Waals surface area contributed by atoms with E-state index in [1.54, 1.807) is 32.2 Å². The quantitative estimate of drug-likeness (QED) is 0.751. The molecule has 0 bridgehead atoms. The fourth-order valence-electron chi connectivity index (χ4n) is 1.67. The molecule has 0 aliphatic rings. The Bertz CT molecular complexity index is 447.